The Morgan fingerprint density at radius 1 is 1.11 bits per heavy atom. The van der Waals surface area contributed by atoms with Gasteiger partial charge in [-0.25, -0.2) is 0 Å². The van der Waals surface area contributed by atoms with E-state index >= 15 is 0 Å². The van der Waals surface area contributed by atoms with Gasteiger partial charge in [0, 0.05) is 17.0 Å². The molecule has 2 N–H and O–H groups in total. The predicted molar refractivity (Wildman–Crippen MR) is 76.9 cm³/mol. The number of hydrogen-bond acceptors (Lipinski definition) is 2. The number of fused-ring (bicyclic) bond motifs is 1. The molecule has 0 aliphatic heterocycles. The molecule has 18 heavy (non-hydrogen) atoms. The largest absolute Gasteiger partial charge is 0.490 e. The van der Waals surface area contributed by atoms with Gasteiger partial charge in [0.15, 0.2) is 0 Å². The number of hydrogen-bond donors (Lipinski definition) is 1. The quantitative estimate of drug-likeness (QED) is 0.879. The van der Waals surface area contributed by atoms with Crippen molar-refractivity contribution < 1.29 is 4.74 Å². The monoisotopic (exact) mass is 243 g/mol. The van der Waals surface area contributed by atoms with E-state index in [1.54, 1.807) is 0 Å². The second-order valence-electron chi connectivity index (χ2n) is 4.83. The van der Waals surface area contributed by atoms with Gasteiger partial charge in [-0.15, -0.1) is 0 Å². The topological polar surface area (TPSA) is 35.2 Å². The summed E-state index contributed by atoms with van der Waals surface area (Å²) in [6.07, 6.45) is 1.19. The summed E-state index contributed by atoms with van der Waals surface area (Å²) in [6, 6.07) is 12.4. The molecule has 2 atom stereocenters. The molecular weight excluding hydrogens is 222 g/mol. The van der Waals surface area contributed by atoms with Gasteiger partial charge in [0.05, 0.1) is 6.10 Å². The number of benzene rings is 2. The molecule has 96 valence electrons. The minimum atomic E-state index is -0.0198. The fraction of sp³-hybridized carbons (Fsp3) is 0.375. The highest BCUT2D eigenvalue weighted by molar-refractivity contribution is 5.89. The van der Waals surface area contributed by atoms with Gasteiger partial charge in [-0.3, -0.25) is 0 Å². The first-order chi connectivity index (χ1) is 8.63. The first-order valence-electron chi connectivity index (χ1n) is 6.57. The predicted octanol–water partition coefficient (Wildman–Crippen LogP) is 4.04. The van der Waals surface area contributed by atoms with Crippen LogP contribution in [0.1, 0.15) is 38.8 Å². The van der Waals surface area contributed by atoms with Gasteiger partial charge in [-0.05, 0) is 25.7 Å². The molecule has 0 bridgehead atoms. The van der Waals surface area contributed by atoms with E-state index in [0.717, 1.165) is 23.1 Å². The van der Waals surface area contributed by atoms with E-state index in [0.29, 0.717) is 0 Å². The molecule has 2 nitrogen and oxygen atoms in total. The maximum Gasteiger partial charge on any atom is 0.132 e. The van der Waals surface area contributed by atoms with E-state index in [1.807, 2.05) is 19.1 Å². The molecule has 0 aromatic heterocycles. The first kappa shape index (κ1) is 12.9. The smallest absolute Gasteiger partial charge is 0.132 e. The summed E-state index contributed by atoms with van der Waals surface area (Å²) in [7, 11) is 0. The van der Waals surface area contributed by atoms with Crippen LogP contribution in [0.15, 0.2) is 36.4 Å². The summed E-state index contributed by atoms with van der Waals surface area (Å²) >= 11 is 0. The molecule has 0 radical (unpaired) electrons. The lowest BCUT2D eigenvalue weighted by Gasteiger charge is -2.20. The van der Waals surface area contributed by atoms with Crippen LogP contribution >= 0.6 is 0 Å². The molecule has 0 heterocycles. The molecule has 2 aromatic rings. The Balaban J connectivity index is 2.59. The number of nitrogens with two attached hydrogens (primary N) is 1. The fourth-order valence-corrected chi connectivity index (χ4v) is 2.03. The molecule has 1 unspecified atom stereocenters. The normalized spacial score (nSPS) is 14.4. The highest BCUT2D eigenvalue weighted by atomic mass is 16.5. The lowest BCUT2D eigenvalue weighted by molar-refractivity contribution is 0.217. The van der Waals surface area contributed by atoms with Crippen LogP contribution in [0, 0.1) is 0 Å². The third kappa shape index (κ3) is 2.49. The molecular formula is C16H21NO. The minimum absolute atomic E-state index is 0.0198. The first-order valence-corrected chi connectivity index (χ1v) is 6.57. The van der Waals surface area contributed by atoms with Crippen molar-refractivity contribution in [3.63, 3.8) is 0 Å². The zero-order valence-electron chi connectivity index (χ0n) is 11.3. The van der Waals surface area contributed by atoms with Crippen LogP contribution in [-0.4, -0.2) is 6.10 Å². The van der Waals surface area contributed by atoms with E-state index in [4.69, 9.17) is 10.5 Å². The Morgan fingerprint density at radius 3 is 2.50 bits per heavy atom. The van der Waals surface area contributed by atoms with Crippen LogP contribution < -0.4 is 10.5 Å². The third-order valence-electron chi connectivity index (χ3n) is 3.29. The van der Waals surface area contributed by atoms with Crippen molar-refractivity contribution in [2.45, 2.75) is 39.3 Å². The third-order valence-corrected chi connectivity index (χ3v) is 3.29. The number of ether oxygens (including phenoxy) is 1. The summed E-state index contributed by atoms with van der Waals surface area (Å²) in [5, 5.41) is 2.34. The van der Waals surface area contributed by atoms with Gasteiger partial charge in [0.2, 0.25) is 0 Å². The Labute approximate surface area is 109 Å². The van der Waals surface area contributed by atoms with Crippen molar-refractivity contribution >= 4 is 10.8 Å². The van der Waals surface area contributed by atoms with E-state index in [2.05, 4.69) is 38.1 Å². The van der Waals surface area contributed by atoms with Crippen LogP contribution in [0.4, 0.5) is 0 Å². The van der Waals surface area contributed by atoms with Crippen molar-refractivity contribution in [1.29, 1.82) is 0 Å². The average molecular weight is 243 g/mol. The molecule has 0 fully saturated rings. The van der Waals surface area contributed by atoms with Gasteiger partial charge in [-0.2, -0.15) is 0 Å². The lowest BCUT2D eigenvalue weighted by atomic mass is 10.0. The second-order valence-corrected chi connectivity index (χ2v) is 4.83. The maximum atomic E-state index is 6.09. The van der Waals surface area contributed by atoms with Crippen LogP contribution in [0.2, 0.25) is 0 Å². The van der Waals surface area contributed by atoms with Crippen LogP contribution in [0.3, 0.4) is 0 Å². The van der Waals surface area contributed by atoms with Crippen LogP contribution in [0.25, 0.3) is 10.8 Å². The van der Waals surface area contributed by atoms with Crippen LogP contribution in [-0.2, 0) is 0 Å². The second kappa shape index (κ2) is 5.40. The van der Waals surface area contributed by atoms with Crippen molar-refractivity contribution in [1.82, 2.24) is 0 Å². The van der Waals surface area contributed by atoms with Gasteiger partial charge in [0.25, 0.3) is 0 Å². The zero-order chi connectivity index (χ0) is 13.1. The highest BCUT2D eigenvalue weighted by Gasteiger charge is 2.14. The molecule has 2 rings (SSSR count). The fourth-order valence-electron chi connectivity index (χ4n) is 2.03. The van der Waals surface area contributed by atoms with Crippen molar-refractivity contribution in [3.8, 4) is 5.75 Å². The molecule has 0 amide bonds. The Kier molecular flexibility index (Phi) is 3.87. The van der Waals surface area contributed by atoms with Crippen molar-refractivity contribution in [3.05, 3.63) is 42.0 Å². The summed E-state index contributed by atoms with van der Waals surface area (Å²) < 4.78 is 6.09. The summed E-state index contributed by atoms with van der Waals surface area (Å²) in [6.45, 7) is 6.21. The van der Waals surface area contributed by atoms with E-state index in [9.17, 15) is 0 Å². The maximum absolute atomic E-state index is 6.09. The molecule has 0 spiro atoms. The van der Waals surface area contributed by atoms with E-state index in [-0.39, 0.29) is 12.1 Å². The van der Waals surface area contributed by atoms with Gasteiger partial charge < -0.3 is 10.5 Å². The Bertz CT molecular complexity index is 534. The highest BCUT2D eigenvalue weighted by Crippen LogP contribution is 2.33. The van der Waals surface area contributed by atoms with Crippen LogP contribution in [0.5, 0.6) is 5.75 Å². The Hall–Kier alpha value is -1.54. The van der Waals surface area contributed by atoms with Gasteiger partial charge >= 0.3 is 0 Å². The standard InChI is InChI=1S/C16H21NO/c1-4-11(2)18-16-14(12(3)17)10-9-13-7-5-6-8-15(13)16/h5-12H,4,17H2,1-3H3/t11?,12-/m1/s1. The molecule has 0 aliphatic carbocycles. The van der Waals surface area contributed by atoms with E-state index in [1.165, 1.54) is 5.39 Å². The molecule has 0 saturated heterocycles. The Morgan fingerprint density at radius 2 is 1.83 bits per heavy atom. The lowest BCUT2D eigenvalue weighted by Crippen LogP contribution is -2.14. The van der Waals surface area contributed by atoms with Crippen molar-refractivity contribution in [2.24, 2.45) is 5.73 Å². The molecule has 2 heteroatoms. The number of rotatable bonds is 4. The molecule has 0 saturated carbocycles. The summed E-state index contributed by atoms with van der Waals surface area (Å²) in [5.41, 5.74) is 7.12. The van der Waals surface area contributed by atoms with Gasteiger partial charge in [0.1, 0.15) is 5.75 Å². The SMILES string of the molecule is CCC(C)Oc1c([C@@H](C)N)ccc2ccccc12. The van der Waals surface area contributed by atoms with Crippen molar-refractivity contribution in [2.75, 3.05) is 0 Å². The summed E-state index contributed by atoms with van der Waals surface area (Å²) in [4.78, 5) is 0. The van der Waals surface area contributed by atoms with Gasteiger partial charge in [-0.1, -0.05) is 43.3 Å². The minimum Gasteiger partial charge on any atom is -0.490 e. The van der Waals surface area contributed by atoms with E-state index < -0.39 is 0 Å². The molecule has 0 aliphatic rings. The average Bonchev–Trinajstić information content (AvgIpc) is 2.38. The molecule has 2 aromatic carbocycles. The summed E-state index contributed by atoms with van der Waals surface area (Å²) in [5.74, 6) is 0.942. The zero-order valence-corrected chi connectivity index (χ0v) is 11.3.